The van der Waals surface area contributed by atoms with Gasteiger partial charge >= 0.3 is 5.97 Å². The van der Waals surface area contributed by atoms with Gasteiger partial charge in [-0.3, -0.25) is 4.90 Å². The highest BCUT2D eigenvalue weighted by Crippen LogP contribution is 2.42. The summed E-state index contributed by atoms with van der Waals surface area (Å²) in [6.45, 7) is 8.47. The number of carbonyl (C=O) groups is 1. The Labute approximate surface area is 234 Å². The second kappa shape index (κ2) is 13.7. The molecule has 0 radical (unpaired) electrons. The fourth-order valence-corrected chi connectivity index (χ4v) is 7.47. The van der Waals surface area contributed by atoms with Crippen molar-refractivity contribution in [3.05, 3.63) is 63.7 Å². The molecule has 2 aliphatic rings. The molecular weight excluding hydrogens is 529 g/mol. The third kappa shape index (κ3) is 7.65. The van der Waals surface area contributed by atoms with Crippen molar-refractivity contribution in [2.75, 3.05) is 45.2 Å². The van der Waals surface area contributed by atoms with Crippen LogP contribution in [-0.4, -0.2) is 72.7 Å². The number of benzene rings is 2. The van der Waals surface area contributed by atoms with Gasteiger partial charge in [-0.05, 0) is 79.8 Å². The summed E-state index contributed by atoms with van der Waals surface area (Å²) >= 11 is 15.0. The Bertz CT molecular complexity index is 1060. The maximum absolute atomic E-state index is 12.5. The summed E-state index contributed by atoms with van der Waals surface area (Å²) in [7, 11) is 0. The Kier molecular flexibility index (Phi) is 10.6. The average molecular weight is 567 g/mol. The van der Waals surface area contributed by atoms with E-state index in [1.807, 2.05) is 23.9 Å². The predicted molar refractivity (Wildman–Crippen MR) is 151 cm³/mol. The Balaban J connectivity index is 1.30. The second-order valence-corrected chi connectivity index (χ2v) is 12.1. The van der Waals surface area contributed by atoms with Gasteiger partial charge in [0.2, 0.25) is 0 Å². The molecule has 1 saturated heterocycles. The molecule has 4 rings (SSSR count). The molecule has 5 nitrogen and oxygen atoms in total. The summed E-state index contributed by atoms with van der Waals surface area (Å²) in [6, 6.07) is 11.9. The molecule has 1 N–H and O–H groups in total. The molecule has 1 heterocycles. The minimum atomic E-state index is -0.400. The van der Waals surface area contributed by atoms with Crippen LogP contribution in [0.25, 0.3) is 0 Å². The van der Waals surface area contributed by atoms with Gasteiger partial charge in [0.25, 0.3) is 0 Å². The molecule has 202 valence electrons. The topological polar surface area (TPSA) is 59.0 Å². The lowest BCUT2D eigenvalue weighted by atomic mass is 9.89. The fourth-order valence-electron chi connectivity index (χ4n) is 5.22. The monoisotopic (exact) mass is 565 g/mol. The van der Waals surface area contributed by atoms with Gasteiger partial charge in [-0.25, -0.2) is 4.79 Å². The lowest BCUT2D eigenvalue weighted by Gasteiger charge is -2.26. The number of nitrogens with zero attached hydrogens (tertiary/aromatic N) is 1. The number of aryl methyl sites for hydroxylation is 2. The van der Waals surface area contributed by atoms with Crippen LogP contribution in [-0.2, 0) is 15.9 Å². The molecule has 37 heavy (non-hydrogen) atoms. The lowest BCUT2D eigenvalue weighted by molar-refractivity contribution is 0.0195. The first kappa shape index (κ1) is 28.7. The number of aliphatic hydroxyl groups is 1. The number of alkyl halides is 1. The Hall–Kier alpha value is -1.28. The van der Waals surface area contributed by atoms with Gasteiger partial charge in [0.05, 0.1) is 29.9 Å². The van der Waals surface area contributed by atoms with Crippen LogP contribution in [0.15, 0.2) is 41.3 Å². The number of morpholine rings is 1. The van der Waals surface area contributed by atoms with E-state index in [-0.39, 0.29) is 17.2 Å². The number of hydrogen-bond acceptors (Lipinski definition) is 6. The largest absolute Gasteiger partial charge is 0.461 e. The summed E-state index contributed by atoms with van der Waals surface area (Å²) in [4.78, 5) is 16.0. The van der Waals surface area contributed by atoms with Gasteiger partial charge in [-0.2, -0.15) is 0 Å². The van der Waals surface area contributed by atoms with Gasteiger partial charge in [0.15, 0.2) is 0 Å². The van der Waals surface area contributed by atoms with Gasteiger partial charge in [-0.1, -0.05) is 29.8 Å². The zero-order valence-corrected chi connectivity index (χ0v) is 24.0. The molecule has 8 heteroatoms. The molecule has 0 amide bonds. The molecule has 0 spiro atoms. The van der Waals surface area contributed by atoms with E-state index in [9.17, 15) is 9.90 Å². The van der Waals surface area contributed by atoms with E-state index >= 15 is 0 Å². The highest BCUT2D eigenvalue weighted by atomic mass is 35.5. The van der Waals surface area contributed by atoms with E-state index in [1.165, 1.54) is 16.0 Å². The third-order valence-electron chi connectivity index (χ3n) is 7.73. The Morgan fingerprint density at radius 1 is 1.19 bits per heavy atom. The van der Waals surface area contributed by atoms with Crippen LogP contribution in [0.4, 0.5) is 0 Å². The minimum absolute atomic E-state index is 0.0317. The number of ether oxygens (including phenoxy) is 2. The van der Waals surface area contributed by atoms with Crippen LogP contribution >= 0.6 is 35.0 Å². The van der Waals surface area contributed by atoms with Crippen LogP contribution in [0.1, 0.15) is 39.9 Å². The van der Waals surface area contributed by atoms with E-state index in [1.54, 1.807) is 6.07 Å². The molecule has 2 aromatic carbocycles. The molecule has 4 atom stereocenters. The van der Waals surface area contributed by atoms with Crippen LogP contribution in [0.5, 0.6) is 0 Å². The van der Waals surface area contributed by atoms with Gasteiger partial charge in [-0.15, -0.1) is 23.4 Å². The van der Waals surface area contributed by atoms with Crippen LogP contribution in [0.2, 0.25) is 5.02 Å². The minimum Gasteiger partial charge on any atom is -0.461 e. The molecule has 0 aromatic heterocycles. The van der Waals surface area contributed by atoms with Gasteiger partial charge in [0, 0.05) is 35.7 Å². The zero-order valence-electron chi connectivity index (χ0n) is 21.6. The van der Waals surface area contributed by atoms with Crippen molar-refractivity contribution >= 4 is 40.9 Å². The summed E-state index contributed by atoms with van der Waals surface area (Å²) < 4.78 is 10.8. The van der Waals surface area contributed by atoms with Crippen molar-refractivity contribution < 1.29 is 19.4 Å². The summed E-state index contributed by atoms with van der Waals surface area (Å²) in [5, 5.41) is 11.1. The normalized spacial score (nSPS) is 24.4. The number of aliphatic hydroxyl groups excluding tert-OH is 1. The summed E-state index contributed by atoms with van der Waals surface area (Å²) in [5.41, 5.74) is 4.03. The first-order chi connectivity index (χ1) is 17.8. The fraction of sp³-hybridized carbons (Fsp3) is 0.552. The molecule has 1 aliphatic heterocycles. The van der Waals surface area contributed by atoms with Crippen molar-refractivity contribution in [2.45, 2.75) is 49.5 Å². The van der Waals surface area contributed by atoms with E-state index in [0.29, 0.717) is 30.2 Å². The van der Waals surface area contributed by atoms with E-state index < -0.39 is 12.1 Å². The zero-order chi connectivity index (χ0) is 26.4. The van der Waals surface area contributed by atoms with Crippen LogP contribution in [0, 0.1) is 25.7 Å². The van der Waals surface area contributed by atoms with E-state index in [2.05, 4.69) is 36.9 Å². The van der Waals surface area contributed by atoms with Crippen LogP contribution in [0.3, 0.4) is 0 Å². The number of esters is 1. The smallest absolute Gasteiger partial charge is 0.339 e. The second-order valence-electron chi connectivity index (χ2n) is 10.1. The van der Waals surface area contributed by atoms with Crippen molar-refractivity contribution in [2.24, 2.45) is 11.8 Å². The summed E-state index contributed by atoms with van der Waals surface area (Å²) in [5.74, 6) is 0.849. The predicted octanol–water partition coefficient (Wildman–Crippen LogP) is 5.78. The number of carbonyl (C=O) groups excluding carboxylic acids is 1. The standard InChI is InChI=1S/C29H37Cl2NO4S/c1-19-4-3-5-28(20(19)2)37-18-24-22(27(33)17-26(24)31)8-6-21-7-9-23(25(30)16-21)29(34)36-15-12-32-10-13-35-14-11-32/h3-5,7,9,16,22,24,26-27,33H,6,8,10-15,17-18H2,1-2H3/t22-,24-,26?,27?/m1/s1. The first-order valence-corrected chi connectivity index (χ1v) is 14.9. The SMILES string of the molecule is Cc1cccc(SC[C@H]2C(Cl)CC(O)[C@@H]2CCc2ccc(C(=O)OCCN3CCOCC3)c(Cl)c2)c1C. The highest BCUT2D eigenvalue weighted by Gasteiger charge is 2.41. The summed E-state index contributed by atoms with van der Waals surface area (Å²) in [6.07, 6.45) is 1.81. The van der Waals surface area contributed by atoms with Crippen molar-refractivity contribution in [3.63, 3.8) is 0 Å². The Morgan fingerprint density at radius 2 is 1.97 bits per heavy atom. The number of thioether (sulfide) groups is 1. The molecule has 1 saturated carbocycles. The molecular formula is C29H37Cl2NO4S. The maximum atomic E-state index is 12.5. The molecule has 1 aliphatic carbocycles. The van der Waals surface area contributed by atoms with E-state index in [4.69, 9.17) is 32.7 Å². The number of halogens is 2. The number of hydrogen-bond donors (Lipinski definition) is 1. The van der Waals surface area contributed by atoms with Gasteiger partial charge in [0.1, 0.15) is 6.61 Å². The quantitative estimate of drug-likeness (QED) is 0.224. The maximum Gasteiger partial charge on any atom is 0.339 e. The molecule has 2 fully saturated rings. The van der Waals surface area contributed by atoms with Crippen molar-refractivity contribution in [1.82, 2.24) is 4.90 Å². The third-order valence-corrected chi connectivity index (χ3v) is 9.85. The number of rotatable bonds is 10. The first-order valence-electron chi connectivity index (χ1n) is 13.1. The van der Waals surface area contributed by atoms with Crippen molar-refractivity contribution in [1.29, 1.82) is 0 Å². The van der Waals surface area contributed by atoms with E-state index in [0.717, 1.165) is 50.5 Å². The lowest BCUT2D eigenvalue weighted by Crippen LogP contribution is -2.38. The van der Waals surface area contributed by atoms with Crippen molar-refractivity contribution in [3.8, 4) is 0 Å². The highest BCUT2D eigenvalue weighted by molar-refractivity contribution is 7.99. The van der Waals surface area contributed by atoms with Crippen LogP contribution < -0.4 is 0 Å². The average Bonchev–Trinajstić information content (AvgIpc) is 3.15. The molecule has 2 unspecified atom stereocenters. The molecule has 0 bridgehead atoms. The van der Waals surface area contributed by atoms with Gasteiger partial charge < -0.3 is 14.6 Å². The molecule has 2 aromatic rings. The Morgan fingerprint density at radius 3 is 2.73 bits per heavy atom.